The molecule has 5 heteroatoms. The van der Waals surface area contributed by atoms with E-state index in [4.69, 9.17) is 4.74 Å². The van der Waals surface area contributed by atoms with E-state index in [0.717, 1.165) is 0 Å². The monoisotopic (exact) mass is 252 g/mol. The van der Waals surface area contributed by atoms with Crippen molar-refractivity contribution in [2.75, 3.05) is 26.7 Å². The first-order valence-corrected chi connectivity index (χ1v) is 5.99. The van der Waals surface area contributed by atoms with Crippen LogP contribution in [0.3, 0.4) is 0 Å². The van der Waals surface area contributed by atoms with Crippen molar-refractivity contribution in [1.29, 1.82) is 0 Å². The maximum absolute atomic E-state index is 13.5. The summed E-state index contributed by atoms with van der Waals surface area (Å²) >= 11 is 0. The average molecular weight is 252 g/mol. The highest BCUT2D eigenvalue weighted by molar-refractivity contribution is 5.80. The van der Waals surface area contributed by atoms with E-state index in [9.17, 15) is 9.18 Å². The van der Waals surface area contributed by atoms with Gasteiger partial charge in [0.05, 0.1) is 6.61 Å². The number of rotatable bonds is 3. The summed E-state index contributed by atoms with van der Waals surface area (Å²) in [6.07, 6.45) is -0.462. The minimum absolute atomic E-state index is 0.131. The van der Waals surface area contributed by atoms with Crippen molar-refractivity contribution in [3.63, 3.8) is 0 Å². The van der Waals surface area contributed by atoms with E-state index in [1.54, 1.807) is 19.2 Å². The van der Waals surface area contributed by atoms with E-state index in [0.29, 0.717) is 31.8 Å². The topological polar surface area (TPSA) is 41.6 Å². The Bertz CT molecular complexity index is 425. The third-order valence-electron chi connectivity index (χ3n) is 3.04. The van der Waals surface area contributed by atoms with Gasteiger partial charge in [-0.15, -0.1) is 0 Å². The Balaban J connectivity index is 1.98. The Hall–Kier alpha value is -1.46. The normalized spacial score (nSPS) is 20.7. The molecule has 1 amide bonds. The quantitative estimate of drug-likeness (QED) is 0.864. The lowest BCUT2D eigenvalue weighted by Gasteiger charge is -2.31. The molecule has 0 saturated carbocycles. The number of amides is 1. The van der Waals surface area contributed by atoms with E-state index in [2.05, 4.69) is 5.32 Å². The van der Waals surface area contributed by atoms with Crippen LogP contribution in [0.15, 0.2) is 24.3 Å². The molecule has 1 atom stereocenters. The standard InChI is InChI=1S/C13H17FN2O2/c1-15-13(17)12-9-16(6-7-18-12)8-10-4-2-3-5-11(10)14/h2-5,12H,6-9H2,1H3,(H,15,17). The molecule has 98 valence electrons. The van der Waals surface area contributed by atoms with Crippen molar-refractivity contribution in [3.8, 4) is 0 Å². The summed E-state index contributed by atoms with van der Waals surface area (Å²) in [6, 6.07) is 6.70. The number of hydrogen-bond acceptors (Lipinski definition) is 3. The SMILES string of the molecule is CNC(=O)C1CN(Cc2ccccc2F)CCO1. The smallest absolute Gasteiger partial charge is 0.250 e. The lowest BCUT2D eigenvalue weighted by atomic mass is 10.1. The van der Waals surface area contributed by atoms with Crippen LogP contribution in [-0.2, 0) is 16.1 Å². The molecular weight excluding hydrogens is 235 g/mol. The maximum Gasteiger partial charge on any atom is 0.250 e. The largest absolute Gasteiger partial charge is 0.366 e. The maximum atomic E-state index is 13.5. The van der Waals surface area contributed by atoms with Crippen molar-refractivity contribution in [2.45, 2.75) is 12.6 Å². The molecule has 18 heavy (non-hydrogen) atoms. The molecular formula is C13H17FN2O2. The molecule has 0 aromatic heterocycles. The summed E-state index contributed by atoms with van der Waals surface area (Å²) in [5.41, 5.74) is 0.648. The third kappa shape index (κ3) is 3.05. The second-order valence-electron chi connectivity index (χ2n) is 4.30. The highest BCUT2D eigenvalue weighted by Gasteiger charge is 2.26. The number of morpholine rings is 1. The zero-order valence-corrected chi connectivity index (χ0v) is 10.4. The van der Waals surface area contributed by atoms with Gasteiger partial charge in [0.2, 0.25) is 5.91 Å². The van der Waals surface area contributed by atoms with Crippen LogP contribution in [-0.4, -0.2) is 43.7 Å². The number of carbonyl (C=O) groups excluding carboxylic acids is 1. The van der Waals surface area contributed by atoms with Gasteiger partial charge in [-0.25, -0.2) is 4.39 Å². The first-order valence-electron chi connectivity index (χ1n) is 5.99. The molecule has 0 spiro atoms. The summed E-state index contributed by atoms with van der Waals surface area (Å²) in [6.45, 7) is 2.20. The van der Waals surface area contributed by atoms with Gasteiger partial charge >= 0.3 is 0 Å². The van der Waals surface area contributed by atoms with Gasteiger partial charge in [0.25, 0.3) is 0 Å². The summed E-state index contributed by atoms with van der Waals surface area (Å²) in [4.78, 5) is 13.5. The number of nitrogens with zero attached hydrogens (tertiary/aromatic N) is 1. The fraction of sp³-hybridized carbons (Fsp3) is 0.462. The van der Waals surface area contributed by atoms with E-state index >= 15 is 0 Å². The molecule has 0 radical (unpaired) electrons. The highest BCUT2D eigenvalue weighted by Crippen LogP contribution is 2.13. The van der Waals surface area contributed by atoms with Gasteiger partial charge in [-0.1, -0.05) is 18.2 Å². The van der Waals surface area contributed by atoms with Crippen LogP contribution in [0.5, 0.6) is 0 Å². The number of benzene rings is 1. The van der Waals surface area contributed by atoms with Crippen LogP contribution < -0.4 is 5.32 Å². The number of ether oxygens (including phenoxy) is 1. The average Bonchev–Trinajstić information content (AvgIpc) is 2.41. The number of halogens is 1. The fourth-order valence-electron chi connectivity index (χ4n) is 2.03. The Labute approximate surface area is 106 Å². The summed E-state index contributed by atoms with van der Waals surface area (Å²) in [5, 5.41) is 2.57. The van der Waals surface area contributed by atoms with Crippen molar-refractivity contribution in [2.24, 2.45) is 0 Å². The van der Waals surface area contributed by atoms with Crippen molar-refractivity contribution in [1.82, 2.24) is 10.2 Å². The Morgan fingerprint density at radius 2 is 2.33 bits per heavy atom. The van der Waals surface area contributed by atoms with E-state index in [-0.39, 0.29) is 11.7 Å². The number of nitrogens with one attached hydrogen (secondary N) is 1. The van der Waals surface area contributed by atoms with Crippen molar-refractivity contribution >= 4 is 5.91 Å². The molecule has 1 heterocycles. The van der Waals surface area contributed by atoms with Crippen LogP contribution in [0, 0.1) is 5.82 Å². The molecule has 2 rings (SSSR count). The minimum atomic E-state index is -0.462. The highest BCUT2D eigenvalue weighted by atomic mass is 19.1. The molecule has 1 fully saturated rings. The third-order valence-corrected chi connectivity index (χ3v) is 3.04. The Morgan fingerprint density at radius 1 is 1.56 bits per heavy atom. The second kappa shape index (κ2) is 5.93. The Morgan fingerprint density at radius 3 is 3.06 bits per heavy atom. The molecule has 1 aromatic carbocycles. The predicted molar refractivity (Wildman–Crippen MR) is 65.5 cm³/mol. The number of carbonyl (C=O) groups is 1. The van der Waals surface area contributed by atoms with Gasteiger partial charge in [-0.05, 0) is 6.07 Å². The molecule has 1 unspecified atom stereocenters. The lowest BCUT2D eigenvalue weighted by molar-refractivity contribution is -0.138. The molecule has 1 saturated heterocycles. The predicted octanol–water partition coefficient (Wildman–Crippen LogP) is 0.772. The van der Waals surface area contributed by atoms with Gasteiger partial charge in [-0.2, -0.15) is 0 Å². The van der Waals surface area contributed by atoms with Gasteiger partial charge in [0.15, 0.2) is 0 Å². The van der Waals surface area contributed by atoms with Crippen LogP contribution in [0.2, 0.25) is 0 Å². The first-order chi connectivity index (χ1) is 8.70. The molecule has 1 aliphatic rings. The molecule has 1 aromatic rings. The molecule has 0 bridgehead atoms. The summed E-state index contributed by atoms with van der Waals surface area (Å²) < 4.78 is 18.9. The zero-order chi connectivity index (χ0) is 13.0. The van der Waals surface area contributed by atoms with Crippen LogP contribution in [0.25, 0.3) is 0 Å². The van der Waals surface area contributed by atoms with Crippen LogP contribution in [0.1, 0.15) is 5.56 Å². The fourth-order valence-corrected chi connectivity index (χ4v) is 2.03. The van der Waals surface area contributed by atoms with Crippen LogP contribution in [0.4, 0.5) is 4.39 Å². The lowest BCUT2D eigenvalue weighted by Crippen LogP contribution is -2.48. The minimum Gasteiger partial charge on any atom is -0.366 e. The van der Waals surface area contributed by atoms with E-state index in [1.165, 1.54) is 6.07 Å². The molecule has 1 aliphatic heterocycles. The second-order valence-corrected chi connectivity index (χ2v) is 4.30. The first kappa shape index (κ1) is 13.0. The van der Waals surface area contributed by atoms with Crippen LogP contribution >= 0.6 is 0 Å². The van der Waals surface area contributed by atoms with Gasteiger partial charge in [0.1, 0.15) is 11.9 Å². The molecule has 4 nitrogen and oxygen atoms in total. The summed E-state index contributed by atoms with van der Waals surface area (Å²) in [5.74, 6) is -0.339. The zero-order valence-electron chi connectivity index (χ0n) is 10.4. The van der Waals surface area contributed by atoms with E-state index < -0.39 is 6.10 Å². The van der Waals surface area contributed by atoms with E-state index in [1.807, 2.05) is 11.0 Å². The summed E-state index contributed by atoms with van der Waals surface area (Å²) in [7, 11) is 1.58. The molecule has 1 N–H and O–H groups in total. The number of hydrogen-bond donors (Lipinski definition) is 1. The van der Waals surface area contributed by atoms with Crippen molar-refractivity contribution < 1.29 is 13.9 Å². The van der Waals surface area contributed by atoms with Gasteiger partial charge in [0, 0.05) is 32.2 Å². The Kier molecular flexibility index (Phi) is 4.28. The van der Waals surface area contributed by atoms with Crippen molar-refractivity contribution in [3.05, 3.63) is 35.6 Å². The molecule has 0 aliphatic carbocycles. The van der Waals surface area contributed by atoms with Gasteiger partial charge in [-0.3, -0.25) is 9.69 Å². The number of likely N-dealkylation sites (N-methyl/N-ethyl adjacent to an activating group) is 1. The van der Waals surface area contributed by atoms with Gasteiger partial charge < -0.3 is 10.1 Å².